The molecule has 38 valence electrons. The fourth-order valence-corrected chi connectivity index (χ4v) is 1.09. The Bertz CT molecular complexity index is 96.3. The van der Waals surface area contributed by atoms with Crippen LogP contribution in [0.5, 0.6) is 0 Å². The van der Waals surface area contributed by atoms with Crippen molar-refractivity contribution in [2.75, 3.05) is 0 Å². The van der Waals surface area contributed by atoms with Crippen molar-refractivity contribution < 1.29 is 9.15 Å². The van der Waals surface area contributed by atoms with E-state index in [0.29, 0.717) is 0 Å². The highest BCUT2D eigenvalue weighted by atomic mass is 28.4. The van der Waals surface area contributed by atoms with Crippen molar-refractivity contribution in [3.8, 4) is 0 Å². The van der Waals surface area contributed by atoms with Gasteiger partial charge in [0.05, 0.1) is 0 Å². The Morgan fingerprint density at radius 3 is 1.57 bits per heavy atom. The number of rotatable bonds is 2. The van der Waals surface area contributed by atoms with Gasteiger partial charge in [0.25, 0.3) is 0 Å². The average molecular weight is 114 g/mol. The van der Waals surface area contributed by atoms with E-state index in [1.807, 2.05) is 0 Å². The fourth-order valence-electron chi connectivity index (χ4n) is 0.268. The molecule has 0 aromatic heterocycles. The molecule has 1 fully saturated rings. The van der Waals surface area contributed by atoms with Gasteiger partial charge in [0, 0.05) is 0 Å². The minimum absolute atomic E-state index is 1.68. The Kier molecular flexibility index (Phi) is 0.882. The van der Waals surface area contributed by atoms with Crippen molar-refractivity contribution in [3.05, 3.63) is 24.6 Å². The zero-order valence-corrected chi connectivity index (χ0v) is 4.89. The lowest BCUT2D eigenvalue weighted by atomic mass is 11.2. The fraction of sp³-hybridized carbons (Fsp3) is 0. The van der Waals surface area contributed by atoms with Crippen LogP contribution in [0.15, 0.2) is 24.6 Å². The third-order valence-corrected chi connectivity index (χ3v) is 2.53. The molecule has 0 aliphatic carbocycles. The van der Waals surface area contributed by atoms with Gasteiger partial charge >= 0.3 is 8.56 Å². The van der Waals surface area contributed by atoms with E-state index >= 15 is 0 Å². The quantitative estimate of drug-likeness (QED) is 0.302. The summed E-state index contributed by atoms with van der Waals surface area (Å²) in [4.78, 5) is 0. The molecule has 3 heteroatoms. The van der Waals surface area contributed by atoms with Crippen LogP contribution >= 0.6 is 0 Å². The third-order valence-electron chi connectivity index (χ3n) is 0.845. The van der Waals surface area contributed by atoms with Crippen LogP contribution in [0.1, 0.15) is 0 Å². The SMILES string of the molecule is C=C[Si]1(C=C)OO1. The zero-order valence-electron chi connectivity index (χ0n) is 3.89. The van der Waals surface area contributed by atoms with Crippen molar-refractivity contribution in [2.45, 2.75) is 0 Å². The van der Waals surface area contributed by atoms with Crippen molar-refractivity contribution >= 4 is 8.56 Å². The first-order chi connectivity index (χ1) is 3.33. The molecule has 0 bridgehead atoms. The van der Waals surface area contributed by atoms with Crippen molar-refractivity contribution in [1.82, 2.24) is 0 Å². The van der Waals surface area contributed by atoms with E-state index in [1.165, 1.54) is 0 Å². The highest BCUT2D eigenvalue weighted by Gasteiger charge is 2.48. The van der Waals surface area contributed by atoms with Crippen LogP contribution < -0.4 is 0 Å². The van der Waals surface area contributed by atoms with Crippen LogP contribution in [0, 0.1) is 0 Å². The Hall–Kier alpha value is -0.383. The second-order valence-electron chi connectivity index (χ2n) is 1.30. The van der Waals surface area contributed by atoms with Crippen molar-refractivity contribution in [2.24, 2.45) is 0 Å². The Morgan fingerprint density at radius 2 is 1.57 bits per heavy atom. The first-order valence-corrected chi connectivity index (χ1v) is 3.94. The van der Waals surface area contributed by atoms with Gasteiger partial charge < -0.3 is 0 Å². The van der Waals surface area contributed by atoms with Gasteiger partial charge in [-0.1, -0.05) is 0 Å². The van der Waals surface area contributed by atoms with E-state index in [0.717, 1.165) is 0 Å². The van der Waals surface area contributed by atoms with Gasteiger partial charge in [0.15, 0.2) is 0 Å². The summed E-state index contributed by atoms with van der Waals surface area (Å²) in [5.41, 5.74) is 3.36. The first-order valence-electron chi connectivity index (χ1n) is 1.97. The predicted octanol–water partition coefficient (Wildman–Crippen LogP) is 0.841. The predicted molar refractivity (Wildman–Crippen MR) is 28.3 cm³/mol. The zero-order chi connectivity index (χ0) is 5.33. The highest BCUT2D eigenvalue weighted by Crippen LogP contribution is 2.24. The van der Waals surface area contributed by atoms with E-state index < -0.39 is 8.56 Å². The number of hydrogen-bond donors (Lipinski definition) is 0. The molecule has 2 nitrogen and oxygen atoms in total. The molecule has 0 N–H and O–H groups in total. The summed E-state index contributed by atoms with van der Waals surface area (Å²) in [5.74, 6) is 0. The largest absolute Gasteiger partial charge is 0.452 e. The van der Waals surface area contributed by atoms with Crippen LogP contribution in [0.25, 0.3) is 0 Å². The molecule has 0 aromatic rings. The summed E-state index contributed by atoms with van der Waals surface area (Å²) >= 11 is 0. The number of hydrogen-bond acceptors (Lipinski definition) is 2. The molecule has 1 rings (SSSR count). The molecule has 0 atom stereocenters. The molecule has 0 saturated carbocycles. The van der Waals surface area contributed by atoms with E-state index in [4.69, 9.17) is 0 Å². The molecule has 0 amide bonds. The molecule has 1 heterocycles. The normalized spacial score (nSPS) is 23.4. The summed E-state index contributed by atoms with van der Waals surface area (Å²) in [7, 11) is -1.87. The Morgan fingerprint density at radius 1 is 1.14 bits per heavy atom. The maximum atomic E-state index is 4.60. The monoisotopic (exact) mass is 114 g/mol. The summed E-state index contributed by atoms with van der Waals surface area (Å²) < 4.78 is 9.19. The molecule has 1 saturated heterocycles. The first kappa shape index (κ1) is 4.77. The smallest absolute Gasteiger partial charge is 0.246 e. The Balaban J connectivity index is 2.58. The molecular formula is C4H6O2Si. The molecule has 1 aliphatic rings. The van der Waals surface area contributed by atoms with Crippen molar-refractivity contribution in [1.29, 1.82) is 0 Å². The molecular weight excluding hydrogens is 108 g/mol. The summed E-state index contributed by atoms with van der Waals surface area (Å²) in [6.07, 6.45) is 0. The summed E-state index contributed by atoms with van der Waals surface area (Å²) in [6.45, 7) is 7.01. The lowest BCUT2D eigenvalue weighted by molar-refractivity contribution is 0.0850. The summed E-state index contributed by atoms with van der Waals surface area (Å²) in [5, 5.41) is 0. The highest BCUT2D eigenvalue weighted by molar-refractivity contribution is 6.81. The lowest BCUT2D eigenvalue weighted by Crippen LogP contribution is -2.06. The van der Waals surface area contributed by atoms with Gasteiger partial charge in [-0.05, 0) is 11.4 Å². The van der Waals surface area contributed by atoms with E-state index in [9.17, 15) is 0 Å². The third kappa shape index (κ3) is 0.652. The van der Waals surface area contributed by atoms with Gasteiger partial charge in [-0.25, -0.2) is 9.15 Å². The minimum Gasteiger partial charge on any atom is -0.246 e. The van der Waals surface area contributed by atoms with Crippen LogP contribution in [0.2, 0.25) is 0 Å². The van der Waals surface area contributed by atoms with E-state index in [1.54, 1.807) is 11.4 Å². The maximum Gasteiger partial charge on any atom is 0.452 e. The standard InChI is InChI=1S/C4H6O2Si/c1-3-7(4-2)5-6-7/h3-4H,1-2H2. The molecule has 0 unspecified atom stereocenters. The molecule has 0 spiro atoms. The van der Waals surface area contributed by atoms with Crippen LogP contribution in [0.4, 0.5) is 0 Å². The second-order valence-corrected chi connectivity index (χ2v) is 3.89. The average Bonchev–Trinajstić information content (AvgIpc) is 2.46. The van der Waals surface area contributed by atoms with E-state index in [-0.39, 0.29) is 0 Å². The lowest BCUT2D eigenvalue weighted by Gasteiger charge is -1.76. The van der Waals surface area contributed by atoms with Gasteiger partial charge in [0.1, 0.15) is 0 Å². The maximum absolute atomic E-state index is 4.60. The summed E-state index contributed by atoms with van der Waals surface area (Å²) in [6, 6.07) is 0. The van der Waals surface area contributed by atoms with Crippen LogP contribution in [-0.2, 0) is 9.15 Å². The van der Waals surface area contributed by atoms with Crippen LogP contribution in [0.3, 0.4) is 0 Å². The van der Waals surface area contributed by atoms with Crippen molar-refractivity contribution in [3.63, 3.8) is 0 Å². The molecule has 0 radical (unpaired) electrons. The van der Waals surface area contributed by atoms with Gasteiger partial charge in [-0.3, -0.25) is 0 Å². The van der Waals surface area contributed by atoms with Crippen LogP contribution in [-0.4, -0.2) is 8.56 Å². The molecule has 7 heavy (non-hydrogen) atoms. The topological polar surface area (TPSA) is 25.1 Å². The Labute approximate surface area is 43.2 Å². The van der Waals surface area contributed by atoms with Gasteiger partial charge in [-0.15, -0.1) is 13.2 Å². The molecule has 0 aromatic carbocycles. The second kappa shape index (κ2) is 1.29. The van der Waals surface area contributed by atoms with Gasteiger partial charge in [-0.2, -0.15) is 0 Å². The van der Waals surface area contributed by atoms with Gasteiger partial charge in [0.2, 0.25) is 0 Å². The minimum atomic E-state index is -1.87. The molecule has 1 aliphatic heterocycles. The van der Waals surface area contributed by atoms with E-state index in [2.05, 4.69) is 22.3 Å².